The average molecular weight is 446 g/mol. The van der Waals surface area contributed by atoms with E-state index in [1.54, 1.807) is 0 Å². The predicted octanol–water partition coefficient (Wildman–Crippen LogP) is 4.73. The SMILES string of the molecule is CC1CCN(OC2=C/C/N=C(CCCCC(=O)O)\C(C3=CCC(Cl)C=C3)=N/C/C=C\2)C1. The maximum atomic E-state index is 10.9. The van der Waals surface area contributed by atoms with Crippen LogP contribution in [0.3, 0.4) is 0 Å². The molecule has 0 aromatic rings. The van der Waals surface area contributed by atoms with Crippen molar-refractivity contribution in [1.82, 2.24) is 5.06 Å². The summed E-state index contributed by atoms with van der Waals surface area (Å²) in [6.07, 6.45) is 16.2. The van der Waals surface area contributed by atoms with Gasteiger partial charge in [0.1, 0.15) is 5.76 Å². The van der Waals surface area contributed by atoms with Gasteiger partial charge in [0.15, 0.2) is 0 Å². The molecule has 3 rings (SSSR count). The van der Waals surface area contributed by atoms with Crippen LogP contribution in [-0.4, -0.2) is 59.1 Å². The topological polar surface area (TPSA) is 74.5 Å². The largest absolute Gasteiger partial charge is 0.481 e. The lowest BCUT2D eigenvalue weighted by Gasteiger charge is -2.18. The molecule has 0 aromatic carbocycles. The fraction of sp³-hybridized carbons (Fsp3) is 0.542. The van der Waals surface area contributed by atoms with E-state index in [0.29, 0.717) is 31.8 Å². The number of halogens is 1. The van der Waals surface area contributed by atoms with E-state index in [1.165, 1.54) is 0 Å². The Bertz CT molecular complexity index is 826. The highest BCUT2D eigenvalue weighted by molar-refractivity contribution is 6.49. The van der Waals surface area contributed by atoms with Crippen LogP contribution in [0.15, 0.2) is 57.8 Å². The van der Waals surface area contributed by atoms with Gasteiger partial charge in [-0.15, -0.1) is 16.7 Å². The van der Waals surface area contributed by atoms with Gasteiger partial charge < -0.3 is 9.94 Å². The Morgan fingerprint density at radius 2 is 2.13 bits per heavy atom. The second-order valence-electron chi connectivity index (χ2n) is 8.23. The molecule has 1 saturated heterocycles. The van der Waals surface area contributed by atoms with Crippen molar-refractivity contribution in [3.63, 3.8) is 0 Å². The molecular formula is C24H32ClN3O3. The van der Waals surface area contributed by atoms with E-state index < -0.39 is 5.97 Å². The number of aliphatic carboxylic acids is 1. The van der Waals surface area contributed by atoms with Crippen LogP contribution in [0.2, 0.25) is 0 Å². The number of carboxylic acids is 1. The van der Waals surface area contributed by atoms with Crippen LogP contribution in [0.5, 0.6) is 0 Å². The monoisotopic (exact) mass is 445 g/mol. The Kier molecular flexibility index (Phi) is 9.10. The second kappa shape index (κ2) is 12.0. The minimum Gasteiger partial charge on any atom is -0.481 e. The molecule has 31 heavy (non-hydrogen) atoms. The van der Waals surface area contributed by atoms with Crippen LogP contribution in [0, 0.1) is 5.92 Å². The molecule has 168 valence electrons. The Morgan fingerprint density at radius 1 is 1.26 bits per heavy atom. The molecule has 2 atom stereocenters. The van der Waals surface area contributed by atoms with Crippen molar-refractivity contribution in [2.45, 2.75) is 50.8 Å². The van der Waals surface area contributed by atoms with Crippen LogP contribution in [0.4, 0.5) is 0 Å². The molecule has 0 saturated carbocycles. The Hall–Kier alpha value is -2.18. The summed E-state index contributed by atoms with van der Waals surface area (Å²) in [5.74, 6) is 0.679. The molecule has 0 spiro atoms. The number of unbranched alkanes of at least 4 members (excludes halogenated alkanes) is 1. The molecule has 2 aliphatic heterocycles. The summed E-state index contributed by atoms with van der Waals surface area (Å²) in [6, 6.07) is 0. The molecule has 0 bridgehead atoms. The predicted molar refractivity (Wildman–Crippen MR) is 126 cm³/mol. The zero-order chi connectivity index (χ0) is 22.1. The molecule has 0 amide bonds. The van der Waals surface area contributed by atoms with Crippen molar-refractivity contribution in [2.75, 3.05) is 26.2 Å². The third kappa shape index (κ3) is 7.78. The smallest absolute Gasteiger partial charge is 0.303 e. The lowest BCUT2D eigenvalue weighted by atomic mass is 9.96. The van der Waals surface area contributed by atoms with E-state index >= 15 is 0 Å². The molecule has 0 radical (unpaired) electrons. The van der Waals surface area contributed by atoms with Crippen LogP contribution in [0.25, 0.3) is 0 Å². The van der Waals surface area contributed by atoms with Gasteiger partial charge in [-0.3, -0.25) is 14.8 Å². The normalized spacial score (nSPS) is 30.9. The molecule has 7 heteroatoms. The molecule has 3 aliphatic rings. The Balaban J connectivity index is 1.74. The molecule has 6 nitrogen and oxygen atoms in total. The highest BCUT2D eigenvalue weighted by Gasteiger charge is 2.21. The second-order valence-corrected chi connectivity index (χ2v) is 8.79. The van der Waals surface area contributed by atoms with Crippen LogP contribution in [-0.2, 0) is 9.63 Å². The fourth-order valence-corrected chi connectivity index (χ4v) is 3.94. The summed E-state index contributed by atoms with van der Waals surface area (Å²) in [7, 11) is 0. The van der Waals surface area contributed by atoms with Crippen LogP contribution in [0.1, 0.15) is 45.4 Å². The summed E-state index contributed by atoms with van der Waals surface area (Å²) in [5, 5.41) is 10.9. The van der Waals surface area contributed by atoms with Crippen molar-refractivity contribution in [1.29, 1.82) is 0 Å². The quantitative estimate of drug-likeness (QED) is 0.432. The number of aliphatic imine (C=N–C) groups is 2. The summed E-state index contributed by atoms with van der Waals surface area (Å²) in [4.78, 5) is 26.6. The first-order valence-electron chi connectivity index (χ1n) is 11.1. The summed E-state index contributed by atoms with van der Waals surface area (Å²) in [5.41, 5.74) is 2.83. The van der Waals surface area contributed by atoms with Gasteiger partial charge in [-0.25, -0.2) is 0 Å². The first kappa shape index (κ1) is 23.5. The van der Waals surface area contributed by atoms with Crippen molar-refractivity contribution in [3.8, 4) is 0 Å². The van der Waals surface area contributed by atoms with Gasteiger partial charge in [0, 0.05) is 19.5 Å². The molecule has 2 heterocycles. The van der Waals surface area contributed by atoms with Gasteiger partial charge in [-0.1, -0.05) is 31.2 Å². The van der Waals surface area contributed by atoms with Gasteiger partial charge in [0.25, 0.3) is 0 Å². The number of hydrogen-bond acceptors (Lipinski definition) is 5. The number of carbonyl (C=O) groups is 1. The summed E-state index contributed by atoms with van der Waals surface area (Å²) in [6.45, 7) is 5.13. The standard InChI is InChI=1S/C24H32ClN3O3/c1-18-13-16-28(17-18)31-21-5-4-14-27-24(19-8-10-20(25)11-9-19)22(26-15-12-21)6-2-3-7-23(29)30/h4-5,8-10,12,18,20H,2-3,6-7,11,13-17H2,1H3,(H,29,30)/b5-4-,21-12+,26-22-,27-24-. The highest BCUT2D eigenvalue weighted by Crippen LogP contribution is 2.20. The maximum Gasteiger partial charge on any atom is 0.303 e. The summed E-state index contributed by atoms with van der Waals surface area (Å²) < 4.78 is 0. The Morgan fingerprint density at radius 3 is 2.84 bits per heavy atom. The van der Waals surface area contributed by atoms with Gasteiger partial charge in [0.2, 0.25) is 0 Å². The van der Waals surface area contributed by atoms with Crippen molar-refractivity contribution < 1.29 is 14.7 Å². The minimum atomic E-state index is -0.765. The molecule has 1 aliphatic carbocycles. The Labute approximate surface area is 189 Å². The molecular weight excluding hydrogens is 414 g/mol. The number of carboxylic acid groups (broad SMARTS) is 1. The van der Waals surface area contributed by atoms with Crippen LogP contribution >= 0.6 is 11.6 Å². The molecule has 1 fully saturated rings. The van der Waals surface area contributed by atoms with Gasteiger partial charge in [-0.2, -0.15) is 0 Å². The highest BCUT2D eigenvalue weighted by atomic mass is 35.5. The maximum absolute atomic E-state index is 10.9. The van der Waals surface area contributed by atoms with Gasteiger partial charge in [-0.05, 0) is 55.7 Å². The first-order valence-corrected chi connectivity index (χ1v) is 11.6. The van der Waals surface area contributed by atoms with Crippen molar-refractivity contribution >= 4 is 29.0 Å². The van der Waals surface area contributed by atoms with E-state index in [-0.39, 0.29) is 11.8 Å². The van der Waals surface area contributed by atoms with E-state index in [2.05, 4.69) is 13.0 Å². The number of alkyl halides is 1. The molecule has 0 aromatic heterocycles. The molecule has 2 unspecified atom stereocenters. The fourth-order valence-electron chi connectivity index (χ4n) is 3.78. The van der Waals surface area contributed by atoms with E-state index in [0.717, 1.165) is 55.1 Å². The van der Waals surface area contributed by atoms with Gasteiger partial charge in [0.05, 0.1) is 29.9 Å². The average Bonchev–Trinajstić information content (AvgIpc) is 3.15. The van der Waals surface area contributed by atoms with Crippen molar-refractivity contribution in [2.24, 2.45) is 15.9 Å². The third-order valence-corrected chi connectivity index (χ3v) is 5.80. The van der Waals surface area contributed by atoms with E-state index in [1.807, 2.05) is 35.4 Å². The number of hydrogen-bond donors (Lipinski definition) is 1. The minimum absolute atomic E-state index is 0.00989. The zero-order valence-corrected chi connectivity index (χ0v) is 18.9. The third-order valence-electron chi connectivity index (χ3n) is 5.48. The molecule has 1 N–H and O–H groups in total. The van der Waals surface area contributed by atoms with Crippen LogP contribution < -0.4 is 0 Å². The number of rotatable bonds is 8. The lowest BCUT2D eigenvalue weighted by molar-refractivity contribution is -0.137. The van der Waals surface area contributed by atoms with E-state index in [9.17, 15) is 4.79 Å². The number of hydroxylamine groups is 2. The first-order chi connectivity index (χ1) is 15.0. The number of allylic oxidation sites excluding steroid dienone is 5. The lowest BCUT2D eigenvalue weighted by Crippen LogP contribution is -2.21. The number of nitrogens with zero attached hydrogens (tertiary/aromatic N) is 3. The van der Waals surface area contributed by atoms with E-state index in [4.69, 9.17) is 31.5 Å². The zero-order valence-electron chi connectivity index (χ0n) is 18.2. The van der Waals surface area contributed by atoms with Crippen molar-refractivity contribution in [3.05, 3.63) is 47.8 Å². The van der Waals surface area contributed by atoms with Gasteiger partial charge >= 0.3 is 5.97 Å². The summed E-state index contributed by atoms with van der Waals surface area (Å²) >= 11 is 6.20.